The number of methoxy groups -OCH3 is 3. The highest BCUT2D eigenvalue weighted by molar-refractivity contribution is 7.99. The molecule has 1 fully saturated rings. The van der Waals surface area contributed by atoms with Crippen LogP contribution in [0.25, 0.3) is 0 Å². The van der Waals surface area contributed by atoms with Gasteiger partial charge in [-0.05, 0) is 36.2 Å². The van der Waals surface area contributed by atoms with Gasteiger partial charge in [0.05, 0.1) is 26.9 Å². The number of hydrogen-bond donors (Lipinski definition) is 1. The van der Waals surface area contributed by atoms with E-state index in [1.54, 1.807) is 19.2 Å². The summed E-state index contributed by atoms with van der Waals surface area (Å²) in [5, 5.41) is 2.93. The number of nitrogens with zero attached hydrogens (tertiary/aromatic N) is 1. The smallest absolute Gasteiger partial charge is 0.259 e. The maximum Gasteiger partial charge on any atom is 0.259 e. The molecule has 1 amide bonds. The second kappa shape index (κ2) is 10.4. The Balaban J connectivity index is 1.64. The normalized spacial score (nSPS) is 14.3. The third-order valence-electron chi connectivity index (χ3n) is 4.98. The number of nitrogens with one attached hydrogen (secondary N) is 1. The summed E-state index contributed by atoms with van der Waals surface area (Å²) in [5.74, 6) is 3.45. The van der Waals surface area contributed by atoms with Gasteiger partial charge in [-0.25, -0.2) is 0 Å². The van der Waals surface area contributed by atoms with E-state index in [2.05, 4.69) is 22.3 Å². The van der Waals surface area contributed by atoms with Gasteiger partial charge in [0.1, 0.15) is 0 Å². The highest BCUT2D eigenvalue weighted by Gasteiger charge is 2.20. The SMILES string of the molecule is COc1ccc(C(=O)Nc2ccc(CCN3CCSCC3)cc2)c(OC)c1OC. The van der Waals surface area contributed by atoms with Crippen molar-refractivity contribution < 1.29 is 19.0 Å². The van der Waals surface area contributed by atoms with Crippen molar-refractivity contribution in [2.45, 2.75) is 6.42 Å². The predicted molar refractivity (Wildman–Crippen MR) is 118 cm³/mol. The fraction of sp³-hybridized carbons (Fsp3) is 0.409. The van der Waals surface area contributed by atoms with Crippen LogP contribution in [0.2, 0.25) is 0 Å². The van der Waals surface area contributed by atoms with Gasteiger partial charge < -0.3 is 24.4 Å². The molecule has 0 aromatic heterocycles. The van der Waals surface area contributed by atoms with Gasteiger partial charge in [0, 0.05) is 36.8 Å². The zero-order valence-electron chi connectivity index (χ0n) is 17.2. The largest absolute Gasteiger partial charge is 0.493 e. The van der Waals surface area contributed by atoms with Crippen molar-refractivity contribution in [2.24, 2.45) is 0 Å². The van der Waals surface area contributed by atoms with Gasteiger partial charge in [-0.3, -0.25) is 4.79 Å². The van der Waals surface area contributed by atoms with Crippen LogP contribution >= 0.6 is 11.8 Å². The molecule has 29 heavy (non-hydrogen) atoms. The fourth-order valence-corrected chi connectivity index (χ4v) is 4.32. The van der Waals surface area contributed by atoms with Crippen molar-refractivity contribution in [1.82, 2.24) is 4.90 Å². The number of benzene rings is 2. The van der Waals surface area contributed by atoms with Crippen LogP contribution in [0, 0.1) is 0 Å². The number of carbonyl (C=O) groups is 1. The van der Waals surface area contributed by atoms with E-state index in [4.69, 9.17) is 14.2 Å². The highest BCUT2D eigenvalue weighted by atomic mass is 32.2. The predicted octanol–water partition coefficient (Wildman–Crippen LogP) is 3.56. The first-order chi connectivity index (χ1) is 14.2. The summed E-state index contributed by atoms with van der Waals surface area (Å²) in [6, 6.07) is 11.4. The number of thioether (sulfide) groups is 1. The van der Waals surface area contributed by atoms with Gasteiger partial charge in [0.25, 0.3) is 5.91 Å². The highest BCUT2D eigenvalue weighted by Crippen LogP contribution is 2.39. The summed E-state index contributed by atoms with van der Waals surface area (Å²) in [6.07, 6.45) is 1.02. The Kier molecular flexibility index (Phi) is 7.66. The van der Waals surface area contributed by atoms with E-state index in [1.807, 2.05) is 23.9 Å². The molecule has 2 aromatic rings. The van der Waals surface area contributed by atoms with Crippen LogP contribution in [0.5, 0.6) is 17.2 Å². The second-order valence-corrected chi connectivity index (χ2v) is 7.96. The number of ether oxygens (including phenoxy) is 3. The van der Waals surface area contributed by atoms with Crippen LogP contribution < -0.4 is 19.5 Å². The van der Waals surface area contributed by atoms with E-state index < -0.39 is 0 Å². The fourth-order valence-electron chi connectivity index (χ4n) is 3.35. The van der Waals surface area contributed by atoms with Gasteiger partial charge in [0.2, 0.25) is 5.75 Å². The number of hydrogen-bond acceptors (Lipinski definition) is 6. The molecule has 0 aliphatic carbocycles. The average molecular weight is 417 g/mol. The molecule has 3 rings (SSSR count). The van der Waals surface area contributed by atoms with Gasteiger partial charge >= 0.3 is 0 Å². The topological polar surface area (TPSA) is 60.0 Å². The standard InChI is InChI=1S/C22H28N2O4S/c1-26-19-9-8-18(20(27-2)21(19)28-3)22(25)23-17-6-4-16(5-7-17)10-11-24-12-14-29-15-13-24/h4-9H,10-15H2,1-3H3,(H,23,25). The minimum Gasteiger partial charge on any atom is -0.493 e. The van der Waals surface area contributed by atoms with Crippen molar-refractivity contribution >= 4 is 23.4 Å². The van der Waals surface area contributed by atoms with Gasteiger partial charge in [-0.15, -0.1) is 0 Å². The molecule has 1 N–H and O–H groups in total. The van der Waals surface area contributed by atoms with Crippen molar-refractivity contribution in [2.75, 3.05) is 57.8 Å². The minimum absolute atomic E-state index is 0.263. The molecule has 7 heteroatoms. The maximum atomic E-state index is 12.8. The van der Waals surface area contributed by atoms with Gasteiger partial charge in [-0.2, -0.15) is 11.8 Å². The molecule has 0 bridgehead atoms. The lowest BCUT2D eigenvalue weighted by Crippen LogP contribution is -2.34. The molecule has 6 nitrogen and oxygen atoms in total. The van der Waals surface area contributed by atoms with Crippen molar-refractivity contribution in [3.05, 3.63) is 47.5 Å². The number of carbonyl (C=O) groups excluding carboxylic acids is 1. The van der Waals surface area contributed by atoms with E-state index in [0.29, 0.717) is 22.8 Å². The Hall–Kier alpha value is -2.38. The van der Waals surface area contributed by atoms with Crippen LogP contribution in [0.15, 0.2) is 36.4 Å². The summed E-state index contributed by atoms with van der Waals surface area (Å²) in [7, 11) is 4.57. The van der Waals surface area contributed by atoms with Crippen LogP contribution in [-0.4, -0.2) is 63.3 Å². The quantitative estimate of drug-likeness (QED) is 0.710. The van der Waals surface area contributed by atoms with E-state index >= 15 is 0 Å². The maximum absolute atomic E-state index is 12.8. The number of amides is 1. The second-order valence-electron chi connectivity index (χ2n) is 6.74. The minimum atomic E-state index is -0.263. The van der Waals surface area contributed by atoms with Crippen LogP contribution in [0.1, 0.15) is 15.9 Å². The molecular formula is C22H28N2O4S. The van der Waals surface area contributed by atoms with Gasteiger partial charge in [0.15, 0.2) is 11.5 Å². The molecule has 0 unspecified atom stereocenters. The molecule has 2 aromatic carbocycles. The molecule has 0 atom stereocenters. The van der Waals surface area contributed by atoms with Crippen molar-refractivity contribution in [3.63, 3.8) is 0 Å². The number of anilines is 1. The molecule has 1 aliphatic rings. The zero-order valence-corrected chi connectivity index (χ0v) is 18.0. The van der Waals surface area contributed by atoms with Crippen LogP contribution in [0.3, 0.4) is 0 Å². The van der Waals surface area contributed by atoms with Gasteiger partial charge in [-0.1, -0.05) is 12.1 Å². The molecule has 1 aliphatic heterocycles. The number of rotatable bonds is 8. The summed E-state index contributed by atoms with van der Waals surface area (Å²) in [6.45, 7) is 3.42. The van der Waals surface area contributed by atoms with E-state index in [9.17, 15) is 4.79 Å². The summed E-state index contributed by atoms with van der Waals surface area (Å²) in [5.41, 5.74) is 2.40. The summed E-state index contributed by atoms with van der Waals surface area (Å²) in [4.78, 5) is 15.3. The van der Waals surface area contributed by atoms with E-state index in [-0.39, 0.29) is 5.91 Å². The summed E-state index contributed by atoms with van der Waals surface area (Å²) < 4.78 is 16.0. The molecule has 156 valence electrons. The lowest BCUT2D eigenvalue weighted by Gasteiger charge is -2.26. The Bertz CT molecular complexity index is 820. The molecule has 0 radical (unpaired) electrons. The van der Waals surface area contributed by atoms with E-state index in [1.165, 1.54) is 44.4 Å². The van der Waals surface area contributed by atoms with E-state index in [0.717, 1.165) is 18.7 Å². The Morgan fingerprint density at radius 1 is 0.966 bits per heavy atom. The lowest BCUT2D eigenvalue weighted by molar-refractivity contribution is 0.102. The van der Waals surface area contributed by atoms with Crippen molar-refractivity contribution in [1.29, 1.82) is 0 Å². The molecule has 1 heterocycles. The van der Waals surface area contributed by atoms with Crippen LogP contribution in [0.4, 0.5) is 5.69 Å². The lowest BCUT2D eigenvalue weighted by atomic mass is 10.1. The Morgan fingerprint density at radius 3 is 2.28 bits per heavy atom. The first-order valence-corrected chi connectivity index (χ1v) is 10.8. The molecule has 0 saturated carbocycles. The first-order valence-electron chi connectivity index (χ1n) is 9.65. The van der Waals surface area contributed by atoms with Crippen LogP contribution in [-0.2, 0) is 6.42 Å². The summed E-state index contributed by atoms with van der Waals surface area (Å²) >= 11 is 2.03. The molecular weight excluding hydrogens is 388 g/mol. The first kappa shape index (κ1) is 21.3. The Morgan fingerprint density at radius 2 is 1.66 bits per heavy atom. The third kappa shape index (κ3) is 5.36. The monoisotopic (exact) mass is 416 g/mol. The average Bonchev–Trinajstić information content (AvgIpc) is 2.78. The zero-order chi connectivity index (χ0) is 20.6. The molecule has 1 saturated heterocycles. The Labute approximate surface area is 176 Å². The molecule has 0 spiro atoms. The third-order valence-corrected chi connectivity index (χ3v) is 5.92. The van der Waals surface area contributed by atoms with Crippen molar-refractivity contribution in [3.8, 4) is 17.2 Å².